The molecule has 1 fully saturated rings. The second-order valence-electron chi connectivity index (χ2n) is 10.5. The van der Waals surface area contributed by atoms with Crippen molar-refractivity contribution in [2.75, 3.05) is 37.9 Å². The Kier molecular flexibility index (Phi) is 9.58. The molecule has 0 spiro atoms. The Bertz CT molecular complexity index is 1260. The average Bonchev–Trinajstić information content (AvgIpc) is 3.30. The van der Waals surface area contributed by atoms with Crippen LogP contribution in [0.25, 0.3) is 11.0 Å². The molecule has 0 aliphatic carbocycles. The third-order valence-electron chi connectivity index (χ3n) is 7.34. The number of ether oxygens (including phenoxy) is 2. The number of nitrogens with one attached hydrogen (secondary N) is 3. The van der Waals surface area contributed by atoms with Gasteiger partial charge in [0.05, 0.1) is 19.9 Å². The van der Waals surface area contributed by atoms with Crippen LogP contribution >= 0.6 is 0 Å². The monoisotopic (exact) mass is 538 g/mol. The largest absolute Gasteiger partial charge is 0.496 e. The minimum Gasteiger partial charge on any atom is -0.496 e. The van der Waals surface area contributed by atoms with E-state index >= 15 is 0 Å². The molecule has 39 heavy (non-hydrogen) atoms. The van der Waals surface area contributed by atoms with E-state index in [4.69, 9.17) is 15.2 Å². The highest BCUT2D eigenvalue weighted by Gasteiger charge is 2.26. The van der Waals surface area contributed by atoms with Gasteiger partial charge in [-0.1, -0.05) is 25.5 Å². The van der Waals surface area contributed by atoms with Crippen molar-refractivity contribution in [2.24, 2.45) is 0 Å². The van der Waals surface area contributed by atoms with Gasteiger partial charge >= 0.3 is 0 Å². The third kappa shape index (κ3) is 7.57. The van der Waals surface area contributed by atoms with Crippen LogP contribution in [0.2, 0.25) is 0 Å². The number of hydrogen-bond acceptors (Lipinski definition) is 9. The highest BCUT2D eigenvalue weighted by Crippen LogP contribution is 2.27. The van der Waals surface area contributed by atoms with E-state index in [2.05, 4.69) is 63.1 Å². The highest BCUT2D eigenvalue weighted by molar-refractivity contribution is 5.86. The zero-order valence-corrected chi connectivity index (χ0v) is 23.5. The van der Waals surface area contributed by atoms with Crippen molar-refractivity contribution in [3.8, 4) is 5.75 Å². The van der Waals surface area contributed by atoms with E-state index in [0.29, 0.717) is 24.4 Å². The smallest absolute Gasteiger partial charge is 0.222 e. The fraction of sp³-hybridized carbons (Fsp3) is 0.571. The van der Waals surface area contributed by atoms with E-state index < -0.39 is 0 Å². The molecule has 1 amide bonds. The second-order valence-corrected chi connectivity index (χ2v) is 10.5. The van der Waals surface area contributed by atoms with Crippen LogP contribution in [0.3, 0.4) is 0 Å². The van der Waals surface area contributed by atoms with E-state index in [1.807, 2.05) is 4.68 Å². The average molecular weight is 539 g/mol. The van der Waals surface area contributed by atoms with Gasteiger partial charge in [-0.05, 0) is 44.2 Å². The molecule has 1 aliphatic heterocycles. The molecular formula is C28H42N8O3. The lowest BCUT2D eigenvalue weighted by Gasteiger charge is -2.34. The van der Waals surface area contributed by atoms with Gasteiger partial charge in [-0.25, -0.2) is 4.98 Å². The summed E-state index contributed by atoms with van der Waals surface area (Å²) in [4.78, 5) is 20.3. The van der Waals surface area contributed by atoms with Crippen LogP contribution in [-0.2, 0) is 22.6 Å². The van der Waals surface area contributed by atoms with Gasteiger partial charge in [0.25, 0.3) is 0 Å². The third-order valence-corrected chi connectivity index (χ3v) is 7.34. The van der Waals surface area contributed by atoms with Crippen molar-refractivity contribution in [1.29, 1.82) is 0 Å². The summed E-state index contributed by atoms with van der Waals surface area (Å²) in [6.45, 7) is 9.35. The first kappa shape index (κ1) is 28.6. The minimum absolute atomic E-state index is 0.0365. The Labute approximate surface area is 230 Å². The van der Waals surface area contributed by atoms with E-state index in [-0.39, 0.29) is 23.4 Å². The second kappa shape index (κ2) is 13.1. The predicted molar refractivity (Wildman–Crippen MR) is 153 cm³/mol. The van der Waals surface area contributed by atoms with Crippen LogP contribution in [0.5, 0.6) is 5.75 Å². The molecule has 1 saturated heterocycles. The van der Waals surface area contributed by atoms with Gasteiger partial charge in [0.1, 0.15) is 16.8 Å². The normalized spacial score (nSPS) is 15.7. The van der Waals surface area contributed by atoms with E-state index in [0.717, 1.165) is 74.3 Å². The number of nitrogens with zero attached hydrogens (tertiary/aromatic N) is 4. The van der Waals surface area contributed by atoms with Crippen molar-refractivity contribution in [1.82, 2.24) is 30.4 Å². The topological polar surface area (TPSA) is 141 Å². The zero-order chi connectivity index (χ0) is 27.8. The Morgan fingerprint density at radius 2 is 2.05 bits per heavy atom. The summed E-state index contributed by atoms with van der Waals surface area (Å²) < 4.78 is 13.2. The first-order chi connectivity index (χ1) is 18.8. The first-order valence-electron chi connectivity index (χ1n) is 13.8. The van der Waals surface area contributed by atoms with Crippen LogP contribution < -0.4 is 26.4 Å². The number of methoxy groups -OCH3 is 1. The van der Waals surface area contributed by atoms with E-state index in [1.165, 1.54) is 6.92 Å². The van der Waals surface area contributed by atoms with Crippen molar-refractivity contribution < 1.29 is 14.3 Å². The summed E-state index contributed by atoms with van der Waals surface area (Å²) in [7, 11) is 1.69. The lowest BCUT2D eigenvalue weighted by Crippen LogP contribution is -2.46. The van der Waals surface area contributed by atoms with E-state index in [9.17, 15) is 4.79 Å². The molecule has 1 aromatic carbocycles. The van der Waals surface area contributed by atoms with E-state index in [1.54, 1.807) is 13.3 Å². The summed E-state index contributed by atoms with van der Waals surface area (Å²) in [5.74, 6) is 1.60. The molecule has 1 aliphatic rings. The maximum atomic E-state index is 11.3. The number of amides is 1. The number of hydrogen-bond donors (Lipinski definition) is 4. The Hall–Kier alpha value is -3.44. The molecule has 1 atom stereocenters. The van der Waals surface area contributed by atoms with Crippen LogP contribution in [0.4, 0.5) is 11.8 Å². The molecule has 4 rings (SSSR count). The number of carbonyl (C=O) groups excluding carboxylic acids is 1. The van der Waals surface area contributed by atoms with Crippen molar-refractivity contribution in [3.05, 3.63) is 35.5 Å². The van der Waals surface area contributed by atoms with Crippen LogP contribution in [0.1, 0.15) is 64.0 Å². The first-order valence-corrected chi connectivity index (χ1v) is 13.8. The number of anilines is 2. The number of fused-ring (bicyclic) bond motifs is 1. The summed E-state index contributed by atoms with van der Waals surface area (Å²) in [6, 6.07) is 6.42. The van der Waals surface area contributed by atoms with Gasteiger partial charge in [0.2, 0.25) is 11.9 Å². The molecule has 0 unspecified atom stereocenters. The molecule has 11 heteroatoms. The van der Waals surface area contributed by atoms with Gasteiger partial charge in [0.15, 0.2) is 5.82 Å². The Morgan fingerprint density at radius 3 is 2.77 bits per heavy atom. The summed E-state index contributed by atoms with van der Waals surface area (Å²) >= 11 is 0. The Morgan fingerprint density at radius 1 is 1.26 bits per heavy atom. The fourth-order valence-corrected chi connectivity index (χ4v) is 5.00. The quantitative estimate of drug-likeness (QED) is 0.258. The van der Waals surface area contributed by atoms with Gasteiger partial charge in [-0.2, -0.15) is 10.1 Å². The molecule has 212 valence electrons. The number of nitrogen functional groups attached to an aromatic ring is 1. The van der Waals surface area contributed by atoms with Crippen LogP contribution in [0.15, 0.2) is 24.4 Å². The summed E-state index contributed by atoms with van der Waals surface area (Å²) in [6.07, 6.45) is 6.40. The van der Waals surface area contributed by atoms with Crippen molar-refractivity contribution in [3.63, 3.8) is 0 Å². The number of carbonyl (C=O) groups is 1. The molecule has 0 radical (unpaired) electrons. The van der Waals surface area contributed by atoms with Gasteiger partial charge < -0.3 is 31.2 Å². The van der Waals surface area contributed by atoms with Gasteiger partial charge in [0, 0.05) is 50.4 Å². The zero-order valence-electron chi connectivity index (χ0n) is 23.5. The molecule has 5 N–H and O–H groups in total. The molecular weight excluding hydrogens is 496 g/mol. The number of benzene rings is 1. The molecule has 0 bridgehead atoms. The standard InChI is InChI=1S/C28H42N8O3/c1-5-6-22(9-12-30-19(2)37)33-26-25-23(34-27(29)35-26)17-32-36(25)18-21-8-7-20(15-24(21)38-4)16-31-28(3)10-13-39-14-11-28/h7-8,15,17,22,31H,5-6,9-14,16,18H2,1-4H3,(H,30,37)(H3,29,33,34,35)/t22-/m0/s1. The predicted octanol–water partition coefficient (Wildman–Crippen LogP) is 3.23. The van der Waals surface area contributed by atoms with Crippen molar-refractivity contribution >= 4 is 28.7 Å². The highest BCUT2D eigenvalue weighted by atomic mass is 16.5. The molecule has 3 heterocycles. The fourth-order valence-electron chi connectivity index (χ4n) is 5.00. The van der Waals surface area contributed by atoms with Gasteiger partial charge in [-0.15, -0.1) is 0 Å². The molecule has 0 saturated carbocycles. The van der Waals surface area contributed by atoms with Crippen molar-refractivity contribution in [2.45, 2.75) is 77.5 Å². The number of aromatic nitrogens is 4. The summed E-state index contributed by atoms with van der Waals surface area (Å²) in [5, 5.41) is 14.7. The maximum absolute atomic E-state index is 11.3. The lowest BCUT2D eigenvalue weighted by atomic mass is 9.92. The maximum Gasteiger partial charge on any atom is 0.222 e. The SMILES string of the molecule is CCC[C@@H](CCNC(C)=O)Nc1nc(N)nc2cnn(Cc3ccc(CNC4(C)CCOCC4)cc3OC)c12. The Balaban J connectivity index is 1.54. The minimum atomic E-state index is -0.0365. The summed E-state index contributed by atoms with van der Waals surface area (Å²) in [5.41, 5.74) is 9.74. The molecule has 3 aromatic rings. The van der Waals surface area contributed by atoms with Gasteiger partial charge in [-0.3, -0.25) is 9.48 Å². The molecule has 11 nitrogen and oxygen atoms in total. The molecule has 2 aromatic heterocycles. The van der Waals surface area contributed by atoms with Crippen LogP contribution in [0, 0.1) is 0 Å². The number of nitrogens with two attached hydrogens (primary N) is 1. The number of rotatable bonds is 13. The van der Waals surface area contributed by atoms with Crippen LogP contribution in [-0.4, -0.2) is 64.1 Å². The lowest BCUT2D eigenvalue weighted by molar-refractivity contribution is -0.118.